The number of phenols is 1. The first-order chi connectivity index (χ1) is 14.2. The first kappa shape index (κ1) is 19.4. The molecule has 0 saturated carbocycles. The summed E-state index contributed by atoms with van der Waals surface area (Å²) >= 11 is 0. The molecule has 1 amide bonds. The number of amides is 1. The Labute approximate surface area is 167 Å². The zero-order valence-corrected chi connectivity index (χ0v) is 15.1. The van der Waals surface area contributed by atoms with Crippen LogP contribution in [0.15, 0.2) is 66.7 Å². The van der Waals surface area contributed by atoms with E-state index in [9.17, 15) is 27.5 Å². The molecule has 0 aliphatic carbocycles. The quantitative estimate of drug-likeness (QED) is 0.455. The zero-order valence-electron chi connectivity index (χ0n) is 15.1. The van der Waals surface area contributed by atoms with Crippen molar-refractivity contribution in [1.82, 2.24) is 9.55 Å². The third kappa shape index (κ3) is 3.57. The van der Waals surface area contributed by atoms with Crippen molar-refractivity contribution in [2.24, 2.45) is 0 Å². The average Bonchev–Trinajstić information content (AvgIpc) is 3.08. The summed E-state index contributed by atoms with van der Waals surface area (Å²) < 4.78 is 55.2. The second kappa shape index (κ2) is 7.18. The fourth-order valence-corrected chi connectivity index (χ4v) is 3.06. The molecule has 0 atom stereocenters. The van der Waals surface area contributed by atoms with Crippen LogP contribution in [-0.4, -0.2) is 20.6 Å². The standard InChI is InChI=1S/C21H13F4N3O2/c22-16-4-2-1-3-15(16)19(30)26-12-5-7-13(8-6-12)28-18-10-9-14(29)11-17(18)27-20(28)21(23,24)25/h1-11,29H,(H,26,30). The third-order valence-electron chi connectivity index (χ3n) is 4.39. The highest BCUT2D eigenvalue weighted by molar-refractivity contribution is 6.04. The lowest BCUT2D eigenvalue weighted by molar-refractivity contribution is -0.145. The summed E-state index contributed by atoms with van der Waals surface area (Å²) in [6, 6.07) is 14.7. The number of aromatic hydroxyl groups is 1. The Bertz CT molecular complexity index is 1250. The molecule has 4 rings (SSSR count). The van der Waals surface area contributed by atoms with Crippen LogP contribution in [0.2, 0.25) is 0 Å². The molecule has 0 spiro atoms. The van der Waals surface area contributed by atoms with Crippen molar-refractivity contribution in [3.63, 3.8) is 0 Å². The number of phenolic OH excluding ortho intramolecular Hbond substituents is 1. The van der Waals surface area contributed by atoms with Crippen LogP contribution >= 0.6 is 0 Å². The van der Waals surface area contributed by atoms with Gasteiger partial charge in [-0.25, -0.2) is 9.37 Å². The molecule has 0 fully saturated rings. The topological polar surface area (TPSA) is 67.2 Å². The van der Waals surface area contributed by atoms with E-state index in [4.69, 9.17) is 0 Å². The number of nitrogens with one attached hydrogen (secondary N) is 1. The van der Waals surface area contributed by atoms with Crippen molar-refractivity contribution in [3.8, 4) is 11.4 Å². The Morgan fingerprint density at radius 2 is 1.70 bits per heavy atom. The highest BCUT2D eigenvalue weighted by atomic mass is 19.4. The molecule has 0 aliphatic heterocycles. The summed E-state index contributed by atoms with van der Waals surface area (Å²) in [5, 5.41) is 12.0. The minimum atomic E-state index is -4.73. The summed E-state index contributed by atoms with van der Waals surface area (Å²) in [5.74, 6) is -2.71. The van der Waals surface area contributed by atoms with E-state index in [0.29, 0.717) is 0 Å². The van der Waals surface area contributed by atoms with E-state index < -0.39 is 23.7 Å². The maximum Gasteiger partial charge on any atom is 0.450 e. The minimum absolute atomic E-state index is 0.0146. The van der Waals surface area contributed by atoms with E-state index in [0.717, 1.165) is 16.7 Å². The molecule has 4 aromatic rings. The molecule has 9 heteroatoms. The smallest absolute Gasteiger partial charge is 0.450 e. The number of aromatic nitrogens is 2. The summed E-state index contributed by atoms with van der Waals surface area (Å²) in [5.41, 5.74) is 0.422. The number of hydrogen-bond acceptors (Lipinski definition) is 3. The lowest BCUT2D eigenvalue weighted by Crippen LogP contribution is -2.15. The van der Waals surface area contributed by atoms with Gasteiger partial charge in [0.15, 0.2) is 0 Å². The summed E-state index contributed by atoms with van der Waals surface area (Å²) in [6.45, 7) is 0. The van der Waals surface area contributed by atoms with Gasteiger partial charge in [0.2, 0.25) is 5.82 Å². The van der Waals surface area contributed by atoms with Crippen LogP contribution in [-0.2, 0) is 6.18 Å². The highest BCUT2D eigenvalue weighted by Gasteiger charge is 2.38. The minimum Gasteiger partial charge on any atom is -0.508 e. The van der Waals surface area contributed by atoms with Crippen LogP contribution in [0.4, 0.5) is 23.2 Å². The molecule has 152 valence electrons. The van der Waals surface area contributed by atoms with Crippen LogP contribution in [0, 0.1) is 5.82 Å². The number of halogens is 4. The number of alkyl halides is 3. The fourth-order valence-electron chi connectivity index (χ4n) is 3.06. The average molecular weight is 415 g/mol. The maximum atomic E-state index is 13.7. The van der Waals surface area contributed by atoms with Crippen LogP contribution < -0.4 is 5.32 Å². The van der Waals surface area contributed by atoms with Crippen molar-refractivity contribution >= 4 is 22.6 Å². The van der Waals surface area contributed by atoms with E-state index in [2.05, 4.69) is 10.3 Å². The molecular formula is C21H13F4N3O2. The summed E-state index contributed by atoms with van der Waals surface area (Å²) in [6.07, 6.45) is -4.73. The summed E-state index contributed by atoms with van der Waals surface area (Å²) in [7, 11) is 0. The second-order valence-electron chi connectivity index (χ2n) is 6.42. The molecule has 0 unspecified atom stereocenters. The maximum absolute atomic E-state index is 13.7. The molecule has 30 heavy (non-hydrogen) atoms. The van der Waals surface area contributed by atoms with Crippen LogP contribution in [0.25, 0.3) is 16.7 Å². The van der Waals surface area contributed by atoms with Crippen molar-refractivity contribution in [3.05, 3.63) is 83.9 Å². The molecule has 1 heterocycles. The van der Waals surface area contributed by atoms with Crippen molar-refractivity contribution in [2.45, 2.75) is 6.18 Å². The second-order valence-corrected chi connectivity index (χ2v) is 6.42. The zero-order chi connectivity index (χ0) is 21.5. The van der Waals surface area contributed by atoms with E-state index in [1.54, 1.807) is 0 Å². The Morgan fingerprint density at radius 3 is 2.37 bits per heavy atom. The van der Waals surface area contributed by atoms with Gasteiger partial charge in [0.25, 0.3) is 5.91 Å². The Kier molecular flexibility index (Phi) is 4.65. The molecule has 0 saturated heterocycles. The van der Waals surface area contributed by atoms with E-state index in [-0.39, 0.29) is 33.7 Å². The number of carbonyl (C=O) groups is 1. The molecule has 1 aromatic heterocycles. The first-order valence-electron chi connectivity index (χ1n) is 8.69. The Morgan fingerprint density at radius 1 is 1.00 bits per heavy atom. The number of nitrogens with zero attached hydrogens (tertiary/aromatic N) is 2. The largest absolute Gasteiger partial charge is 0.508 e. The molecular weight excluding hydrogens is 402 g/mol. The molecule has 0 aliphatic rings. The molecule has 5 nitrogen and oxygen atoms in total. The number of carbonyl (C=O) groups excluding carboxylic acids is 1. The van der Waals surface area contributed by atoms with Gasteiger partial charge in [0, 0.05) is 17.4 Å². The first-order valence-corrected chi connectivity index (χ1v) is 8.69. The van der Waals surface area contributed by atoms with Crippen LogP contribution in [0.3, 0.4) is 0 Å². The van der Waals surface area contributed by atoms with Gasteiger partial charge in [-0.15, -0.1) is 0 Å². The Balaban J connectivity index is 1.70. The SMILES string of the molecule is O=C(Nc1ccc(-n2c(C(F)(F)F)nc3cc(O)ccc32)cc1)c1ccccc1F. The van der Waals surface area contributed by atoms with Crippen molar-refractivity contribution < 1.29 is 27.5 Å². The fraction of sp³-hybridized carbons (Fsp3) is 0.0476. The van der Waals surface area contributed by atoms with E-state index >= 15 is 0 Å². The normalized spacial score (nSPS) is 11.6. The Hall–Kier alpha value is -3.88. The van der Waals surface area contributed by atoms with E-state index in [1.807, 2.05) is 0 Å². The number of anilines is 1. The molecule has 3 aromatic carbocycles. The van der Waals surface area contributed by atoms with Gasteiger partial charge in [-0.05, 0) is 48.5 Å². The molecule has 2 N–H and O–H groups in total. The number of benzene rings is 3. The number of imidazole rings is 1. The molecule has 0 bridgehead atoms. The monoisotopic (exact) mass is 415 g/mol. The predicted molar refractivity (Wildman–Crippen MR) is 102 cm³/mol. The number of rotatable bonds is 3. The van der Waals surface area contributed by atoms with Gasteiger partial charge < -0.3 is 10.4 Å². The lowest BCUT2D eigenvalue weighted by atomic mass is 10.2. The van der Waals surface area contributed by atoms with Gasteiger partial charge >= 0.3 is 6.18 Å². The number of hydrogen-bond donors (Lipinski definition) is 2. The van der Waals surface area contributed by atoms with Gasteiger partial charge in [-0.2, -0.15) is 13.2 Å². The third-order valence-corrected chi connectivity index (χ3v) is 4.39. The lowest BCUT2D eigenvalue weighted by Gasteiger charge is -2.12. The van der Waals surface area contributed by atoms with E-state index in [1.165, 1.54) is 54.6 Å². The predicted octanol–water partition coefficient (Wildman–Crippen LogP) is 5.14. The van der Waals surface area contributed by atoms with Crippen LogP contribution in [0.1, 0.15) is 16.2 Å². The van der Waals surface area contributed by atoms with Crippen LogP contribution in [0.5, 0.6) is 5.75 Å². The summed E-state index contributed by atoms with van der Waals surface area (Å²) in [4.78, 5) is 15.8. The van der Waals surface area contributed by atoms with Gasteiger partial charge in [-0.3, -0.25) is 9.36 Å². The molecule has 0 radical (unpaired) electrons. The van der Waals surface area contributed by atoms with Crippen molar-refractivity contribution in [1.29, 1.82) is 0 Å². The van der Waals surface area contributed by atoms with Crippen molar-refractivity contribution in [2.75, 3.05) is 5.32 Å². The van der Waals surface area contributed by atoms with Gasteiger partial charge in [-0.1, -0.05) is 12.1 Å². The van der Waals surface area contributed by atoms with Gasteiger partial charge in [0.1, 0.15) is 11.6 Å². The number of fused-ring (bicyclic) bond motifs is 1. The highest BCUT2D eigenvalue weighted by Crippen LogP contribution is 2.35. The van der Waals surface area contributed by atoms with Gasteiger partial charge in [0.05, 0.1) is 16.6 Å².